The Morgan fingerprint density at radius 2 is 1.88 bits per heavy atom. The van der Waals surface area contributed by atoms with Crippen molar-refractivity contribution in [3.05, 3.63) is 58.3 Å². The molecule has 0 aliphatic heterocycles. The SMILES string of the molecule is CCCNc1ccc2cc(-c3ccc(C(C)=C(C#N)S(=O)(=O)NCC(O)CO)s3)ccc2c1. The van der Waals surface area contributed by atoms with Crippen molar-refractivity contribution in [3.63, 3.8) is 0 Å². The fourth-order valence-electron chi connectivity index (χ4n) is 3.27. The molecule has 1 unspecified atom stereocenters. The predicted octanol–water partition coefficient (Wildman–Crippen LogP) is 3.92. The number of thiophene rings is 1. The lowest BCUT2D eigenvalue weighted by molar-refractivity contribution is 0.0989. The number of aliphatic hydroxyl groups is 2. The van der Waals surface area contributed by atoms with Gasteiger partial charge in [0.25, 0.3) is 10.0 Å². The summed E-state index contributed by atoms with van der Waals surface area (Å²) in [5.74, 6) is 0. The Bertz CT molecular complexity index is 1310. The number of fused-ring (bicyclic) bond motifs is 1. The Labute approximate surface area is 198 Å². The number of nitrogens with one attached hydrogen (secondary N) is 2. The maximum atomic E-state index is 12.5. The number of benzene rings is 2. The van der Waals surface area contributed by atoms with Crippen LogP contribution in [0, 0.1) is 11.3 Å². The molecule has 4 N–H and O–H groups in total. The summed E-state index contributed by atoms with van der Waals surface area (Å²) in [6, 6.07) is 17.9. The first-order chi connectivity index (χ1) is 15.8. The van der Waals surface area contributed by atoms with Crippen LogP contribution in [0.3, 0.4) is 0 Å². The molecule has 0 radical (unpaired) electrons. The zero-order valence-corrected chi connectivity index (χ0v) is 20.1. The summed E-state index contributed by atoms with van der Waals surface area (Å²) in [7, 11) is -4.12. The second kappa shape index (κ2) is 10.9. The lowest BCUT2D eigenvalue weighted by Gasteiger charge is -2.10. The Morgan fingerprint density at radius 1 is 1.15 bits per heavy atom. The summed E-state index contributed by atoms with van der Waals surface area (Å²) in [6.07, 6.45) is -0.180. The van der Waals surface area contributed by atoms with Crippen molar-refractivity contribution in [1.82, 2.24) is 4.72 Å². The minimum Gasteiger partial charge on any atom is -0.394 e. The number of nitriles is 1. The molecule has 0 aliphatic rings. The van der Waals surface area contributed by atoms with Crippen molar-refractivity contribution in [1.29, 1.82) is 5.26 Å². The van der Waals surface area contributed by atoms with Crippen LogP contribution in [0.5, 0.6) is 0 Å². The van der Waals surface area contributed by atoms with E-state index in [1.165, 1.54) is 11.3 Å². The Hall–Kier alpha value is -2.74. The zero-order valence-electron chi connectivity index (χ0n) is 18.5. The summed E-state index contributed by atoms with van der Waals surface area (Å²) in [6.45, 7) is 3.68. The van der Waals surface area contributed by atoms with E-state index in [4.69, 9.17) is 5.11 Å². The third-order valence-electron chi connectivity index (χ3n) is 5.11. The van der Waals surface area contributed by atoms with Crippen molar-refractivity contribution < 1.29 is 18.6 Å². The minimum absolute atomic E-state index is 0.326. The van der Waals surface area contributed by atoms with Crippen molar-refractivity contribution in [3.8, 4) is 16.5 Å². The largest absolute Gasteiger partial charge is 0.394 e. The molecule has 1 atom stereocenters. The van der Waals surface area contributed by atoms with Crippen LogP contribution in [0.2, 0.25) is 0 Å². The highest BCUT2D eigenvalue weighted by Gasteiger charge is 2.22. The van der Waals surface area contributed by atoms with Crippen molar-refractivity contribution in [2.45, 2.75) is 26.4 Å². The third kappa shape index (κ3) is 5.99. The monoisotopic (exact) mass is 485 g/mol. The van der Waals surface area contributed by atoms with E-state index in [9.17, 15) is 18.8 Å². The summed E-state index contributed by atoms with van der Waals surface area (Å²) < 4.78 is 27.2. The highest BCUT2D eigenvalue weighted by molar-refractivity contribution is 7.93. The number of hydrogen-bond acceptors (Lipinski definition) is 7. The first-order valence-electron chi connectivity index (χ1n) is 10.6. The molecule has 0 aliphatic carbocycles. The second-order valence-corrected chi connectivity index (χ2v) is 10.4. The van der Waals surface area contributed by atoms with Gasteiger partial charge in [-0.25, -0.2) is 13.1 Å². The topological polar surface area (TPSA) is 122 Å². The van der Waals surface area contributed by atoms with Gasteiger partial charge in [-0.1, -0.05) is 25.1 Å². The molecular formula is C24H27N3O4S2. The van der Waals surface area contributed by atoms with Gasteiger partial charge in [-0.2, -0.15) is 5.26 Å². The number of allylic oxidation sites excluding steroid dienone is 2. The van der Waals surface area contributed by atoms with E-state index in [-0.39, 0.29) is 6.54 Å². The van der Waals surface area contributed by atoms with E-state index in [0.29, 0.717) is 10.5 Å². The van der Waals surface area contributed by atoms with Crippen LogP contribution < -0.4 is 10.0 Å². The van der Waals surface area contributed by atoms with Gasteiger partial charge in [-0.15, -0.1) is 11.3 Å². The highest BCUT2D eigenvalue weighted by Crippen LogP contribution is 2.35. The lowest BCUT2D eigenvalue weighted by Crippen LogP contribution is -2.34. The molecule has 9 heteroatoms. The molecule has 0 bridgehead atoms. The fraction of sp³-hybridized carbons (Fsp3) is 0.292. The standard InChI is InChI=1S/C24H27N3O4S2/c1-3-10-26-20-7-6-17-11-19(5-4-18(17)12-20)23-9-8-22(32-23)16(2)24(13-25)33(30,31)27-14-21(29)15-28/h4-9,11-12,21,26-29H,3,10,14-15H2,1-2H3. The van der Waals surface area contributed by atoms with Crippen LogP contribution in [0.4, 0.5) is 5.69 Å². The first kappa shape index (κ1) is 24.9. The Balaban J connectivity index is 1.88. The van der Waals surface area contributed by atoms with Gasteiger partial charge in [-0.3, -0.25) is 0 Å². The maximum Gasteiger partial charge on any atom is 0.251 e. The molecule has 0 spiro atoms. The summed E-state index contributed by atoms with van der Waals surface area (Å²) in [5.41, 5.74) is 2.42. The second-order valence-electron chi connectivity index (χ2n) is 7.62. The van der Waals surface area contributed by atoms with Gasteiger partial charge in [-0.05, 0) is 65.6 Å². The molecule has 1 heterocycles. The zero-order chi connectivity index (χ0) is 24.0. The molecule has 2 aromatic carbocycles. The lowest BCUT2D eigenvalue weighted by atomic mass is 10.1. The normalized spacial score (nSPS) is 13.4. The van der Waals surface area contributed by atoms with Gasteiger partial charge in [0, 0.05) is 28.5 Å². The molecular weight excluding hydrogens is 458 g/mol. The van der Waals surface area contributed by atoms with Gasteiger partial charge in [0.15, 0.2) is 4.91 Å². The van der Waals surface area contributed by atoms with Crippen LogP contribution >= 0.6 is 11.3 Å². The number of aliphatic hydroxyl groups excluding tert-OH is 2. The average Bonchev–Trinajstić information content (AvgIpc) is 3.31. The molecule has 0 saturated heterocycles. The van der Waals surface area contributed by atoms with E-state index in [2.05, 4.69) is 47.3 Å². The number of anilines is 1. The van der Waals surface area contributed by atoms with Crippen LogP contribution in [0.1, 0.15) is 25.1 Å². The minimum atomic E-state index is -4.12. The van der Waals surface area contributed by atoms with E-state index in [1.807, 2.05) is 12.1 Å². The molecule has 3 rings (SSSR count). The summed E-state index contributed by atoms with van der Waals surface area (Å²) >= 11 is 1.40. The summed E-state index contributed by atoms with van der Waals surface area (Å²) in [4.78, 5) is 1.21. The highest BCUT2D eigenvalue weighted by atomic mass is 32.2. The van der Waals surface area contributed by atoms with Gasteiger partial charge >= 0.3 is 0 Å². The Kier molecular flexibility index (Phi) is 8.24. The molecule has 3 aromatic rings. The Morgan fingerprint density at radius 3 is 2.58 bits per heavy atom. The number of nitrogens with zero attached hydrogens (tertiary/aromatic N) is 1. The first-order valence-corrected chi connectivity index (χ1v) is 12.9. The van der Waals surface area contributed by atoms with Crippen LogP contribution in [0.15, 0.2) is 53.4 Å². The third-order valence-corrected chi connectivity index (χ3v) is 7.85. The van der Waals surface area contributed by atoms with E-state index in [1.54, 1.807) is 19.1 Å². The molecule has 174 valence electrons. The van der Waals surface area contributed by atoms with Gasteiger partial charge in [0.2, 0.25) is 0 Å². The summed E-state index contributed by atoms with van der Waals surface area (Å²) in [5, 5.41) is 33.4. The van der Waals surface area contributed by atoms with Crippen molar-refractivity contribution in [2.75, 3.05) is 25.0 Å². The number of rotatable bonds is 10. The molecule has 33 heavy (non-hydrogen) atoms. The molecule has 7 nitrogen and oxygen atoms in total. The van der Waals surface area contributed by atoms with Crippen LogP contribution in [0.25, 0.3) is 26.8 Å². The fourth-order valence-corrected chi connectivity index (χ4v) is 5.54. The van der Waals surface area contributed by atoms with Crippen molar-refractivity contribution >= 4 is 43.4 Å². The molecule has 0 fully saturated rings. The maximum absolute atomic E-state index is 12.5. The number of hydrogen-bond donors (Lipinski definition) is 4. The molecule has 0 amide bonds. The quantitative estimate of drug-likeness (QED) is 0.323. The van der Waals surface area contributed by atoms with Crippen LogP contribution in [-0.2, 0) is 10.0 Å². The smallest absolute Gasteiger partial charge is 0.251 e. The van der Waals surface area contributed by atoms with E-state index in [0.717, 1.165) is 39.9 Å². The van der Waals surface area contributed by atoms with E-state index >= 15 is 0 Å². The molecule has 0 saturated carbocycles. The van der Waals surface area contributed by atoms with Gasteiger partial charge in [0.05, 0.1) is 12.7 Å². The average molecular weight is 486 g/mol. The predicted molar refractivity (Wildman–Crippen MR) is 134 cm³/mol. The number of sulfonamides is 1. The van der Waals surface area contributed by atoms with Crippen molar-refractivity contribution in [2.24, 2.45) is 0 Å². The van der Waals surface area contributed by atoms with Crippen LogP contribution in [-0.4, -0.2) is 44.4 Å². The van der Waals surface area contributed by atoms with Gasteiger partial charge < -0.3 is 15.5 Å². The van der Waals surface area contributed by atoms with E-state index < -0.39 is 27.6 Å². The molecule has 1 aromatic heterocycles. The van der Waals surface area contributed by atoms with Gasteiger partial charge in [0.1, 0.15) is 6.07 Å².